The van der Waals surface area contributed by atoms with Crippen LogP contribution in [0.5, 0.6) is 0 Å². The molecule has 18 heavy (non-hydrogen) atoms. The van der Waals surface area contributed by atoms with Crippen LogP contribution < -0.4 is 10.6 Å². The third kappa shape index (κ3) is 1.95. The van der Waals surface area contributed by atoms with Crippen LogP contribution in [0.2, 0.25) is 0 Å². The number of hydrogen-bond donors (Lipinski definition) is 2. The molecule has 0 unspecified atom stereocenters. The molecule has 1 saturated heterocycles. The fourth-order valence-corrected chi connectivity index (χ4v) is 3.25. The topological polar surface area (TPSA) is 73.8 Å². The Balaban J connectivity index is 1.98. The Kier molecular flexibility index (Phi) is 2.71. The fraction of sp³-hybridized carbons (Fsp3) is 0.364. The number of benzene rings is 1. The number of rotatable bonds is 0. The molecule has 0 spiro atoms. The lowest BCUT2D eigenvalue weighted by Gasteiger charge is -2.32. The van der Waals surface area contributed by atoms with E-state index in [1.165, 1.54) is 0 Å². The van der Waals surface area contributed by atoms with Crippen LogP contribution in [0.1, 0.15) is 0 Å². The number of nitrogens with one attached hydrogen (secondary N) is 2. The van der Waals surface area contributed by atoms with Crippen molar-refractivity contribution < 1.29 is 8.42 Å². The molecule has 2 heterocycles. The highest BCUT2D eigenvalue weighted by Gasteiger charge is 2.27. The maximum absolute atomic E-state index is 12.1. The highest BCUT2D eigenvalue weighted by molar-refractivity contribution is 7.90. The van der Waals surface area contributed by atoms with E-state index in [9.17, 15) is 8.42 Å². The van der Waals surface area contributed by atoms with E-state index >= 15 is 0 Å². The monoisotopic (exact) mass is 266 g/mol. The summed E-state index contributed by atoms with van der Waals surface area (Å²) in [7, 11) is -3.58. The first-order valence-electron chi connectivity index (χ1n) is 5.83. The maximum atomic E-state index is 12.1. The largest absolute Gasteiger partial charge is 0.339 e. The minimum absolute atomic E-state index is 0.240. The average molecular weight is 266 g/mol. The van der Waals surface area contributed by atoms with Crippen molar-refractivity contribution >= 4 is 21.7 Å². The van der Waals surface area contributed by atoms with Gasteiger partial charge in [-0.2, -0.15) is 8.42 Å². The normalized spacial score (nSPS) is 21.8. The predicted molar refractivity (Wildman–Crippen MR) is 69.1 cm³/mol. The molecular weight excluding hydrogens is 252 g/mol. The smallest absolute Gasteiger partial charge is 0.287 e. The van der Waals surface area contributed by atoms with Crippen molar-refractivity contribution in [2.45, 2.75) is 4.90 Å². The summed E-state index contributed by atoms with van der Waals surface area (Å²) in [5.41, 5.74) is 0.598. The van der Waals surface area contributed by atoms with Crippen LogP contribution in [0.15, 0.2) is 33.6 Å². The number of hydrogen-bond acceptors (Lipinski definition) is 5. The molecule has 2 aliphatic heterocycles. The van der Waals surface area contributed by atoms with Gasteiger partial charge in [0.2, 0.25) is 5.96 Å². The van der Waals surface area contributed by atoms with Gasteiger partial charge in [-0.1, -0.05) is 12.1 Å². The van der Waals surface area contributed by atoms with Gasteiger partial charge in [-0.25, -0.2) is 0 Å². The van der Waals surface area contributed by atoms with Gasteiger partial charge in [0.1, 0.15) is 4.90 Å². The summed E-state index contributed by atoms with van der Waals surface area (Å²) in [5.74, 6) is 0.426. The second kappa shape index (κ2) is 4.25. The summed E-state index contributed by atoms with van der Waals surface area (Å²) in [6, 6.07) is 6.82. The second-order valence-electron chi connectivity index (χ2n) is 4.25. The number of nitrogens with zero attached hydrogens (tertiary/aromatic N) is 2. The molecule has 3 rings (SSSR count). The molecule has 7 heteroatoms. The van der Waals surface area contributed by atoms with E-state index in [1.54, 1.807) is 18.2 Å². The van der Waals surface area contributed by atoms with Crippen LogP contribution in [0.25, 0.3) is 0 Å². The number of anilines is 1. The van der Waals surface area contributed by atoms with Gasteiger partial charge in [-0.3, -0.25) is 0 Å². The summed E-state index contributed by atoms with van der Waals surface area (Å²) in [5, 5.41) is 6.31. The van der Waals surface area contributed by atoms with Crippen molar-refractivity contribution in [1.82, 2.24) is 10.2 Å². The Morgan fingerprint density at radius 1 is 1.17 bits per heavy atom. The summed E-state index contributed by atoms with van der Waals surface area (Å²) in [6.07, 6.45) is 0. The van der Waals surface area contributed by atoms with E-state index in [2.05, 4.69) is 15.0 Å². The SMILES string of the molecule is O=S1(=O)N=C(N2CCNCC2)Nc2ccccc21. The Hall–Kier alpha value is -1.60. The zero-order valence-corrected chi connectivity index (χ0v) is 10.6. The van der Waals surface area contributed by atoms with E-state index < -0.39 is 10.0 Å². The van der Waals surface area contributed by atoms with Crippen molar-refractivity contribution in [3.63, 3.8) is 0 Å². The molecule has 0 bridgehead atoms. The van der Waals surface area contributed by atoms with E-state index in [4.69, 9.17) is 0 Å². The lowest BCUT2D eigenvalue weighted by atomic mass is 10.3. The Morgan fingerprint density at radius 3 is 2.67 bits per heavy atom. The Labute approximate surface area is 106 Å². The summed E-state index contributed by atoms with van der Waals surface area (Å²) in [6.45, 7) is 3.18. The number of fused-ring (bicyclic) bond motifs is 1. The second-order valence-corrected chi connectivity index (χ2v) is 5.82. The summed E-state index contributed by atoms with van der Waals surface area (Å²) >= 11 is 0. The lowest BCUT2D eigenvalue weighted by molar-refractivity contribution is 0.357. The first-order chi connectivity index (χ1) is 8.67. The van der Waals surface area contributed by atoms with Crippen molar-refractivity contribution in [3.8, 4) is 0 Å². The third-order valence-corrected chi connectivity index (χ3v) is 4.36. The van der Waals surface area contributed by atoms with Gasteiger partial charge in [0, 0.05) is 26.2 Å². The van der Waals surface area contributed by atoms with Crippen LogP contribution in [-0.4, -0.2) is 45.5 Å². The summed E-state index contributed by atoms with van der Waals surface area (Å²) in [4.78, 5) is 2.19. The molecule has 0 radical (unpaired) electrons. The van der Waals surface area contributed by atoms with Crippen LogP contribution in [0, 0.1) is 0 Å². The zero-order valence-electron chi connectivity index (χ0n) is 9.76. The van der Waals surface area contributed by atoms with Crippen molar-refractivity contribution in [2.24, 2.45) is 4.40 Å². The molecule has 1 aromatic carbocycles. The van der Waals surface area contributed by atoms with Crippen molar-refractivity contribution in [1.29, 1.82) is 0 Å². The Bertz CT molecular complexity index is 591. The van der Waals surface area contributed by atoms with Gasteiger partial charge in [0.25, 0.3) is 10.0 Å². The van der Waals surface area contributed by atoms with E-state index in [0.29, 0.717) is 11.6 Å². The molecule has 0 amide bonds. The molecular formula is C11H14N4O2S. The number of para-hydroxylation sites is 1. The first-order valence-corrected chi connectivity index (χ1v) is 7.27. The van der Waals surface area contributed by atoms with E-state index in [1.807, 2.05) is 11.0 Å². The molecule has 96 valence electrons. The molecule has 0 aromatic heterocycles. The molecule has 1 aromatic rings. The van der Waals surface area contributed by atoms with E-state index in [-0.39, 0.29) is 4.90 Å². The minimum Gasteiger partial charge on any atom is -0.339 e. The average Bonchev–Trinajstić information content (AvgIpc) is 2.39. The predicted octanol–water partition coefficient (Wildman–Crippen LogP) is 0.0620. The van der Waals surface area contributed by atoms with Gasteiger partial charge in [0.15, 0.2) is 0 Å². The number of sulfonamides is 1. The molecule has 1 fully saturated rings. The molecule has 2 N–H and O–H groups in total. The van der Waals surface area contributed by atoms with Gasteiger partial charge >= 0.3 is 0 Å². The van der Waals surface area contributed by atoms with Crippen LogP contribution in [0.4, 0.5) is 5.69 Å². The lowest BCUT2D eigenvalue weighted by Crippen LogP contribution is -2.49. The Morgan fingerprint density at radius 2 is 1.89 bits per heavy atom. The third-order valence-electron chi connectivity index (χ3n) is 3.03. The van der Waals surface area contributed by atoms with Gasteiger partial charge < -0.3 is 15.5 Å². The maximum Gasteiger partial charge on any atom is 0.287 e. The van der Waals surface area contributed by atoms with Crippen LogP contribution >= 0.6 is 0 Å². The number of piperazine rings is 1. The fourth-order valence-electron chi connectivity index (χ4n) is 2.11. The molecule has 0 saturated carbocycles. The van der Waals surface area contributed by atoms with Gasteiger partial charge in [-0.15, -0.1) is 4.40 Å². The molecule has 0 atom stereocenters. The highest BCUT2D eigenvalue weighted by atomic mass is 32.2. The van der Waals surface area contributed by atoms with Gasteiger partial charge in [-0.05, 0) is 12.1 Å². The number of guanidine groups is 1. The standard InChI is InChI=1S/C11H14N4O2S/c16-18(17)10-4-2-1-3-9(10)13-11(14-18)15-7-5-12-6-8-15/h1-4,12H,5-8H2,(H,13,14). The van der Waals surface area contributed by atoms with Crippen molar-refractivity contribution in [2.75, 3.05) is 31.5 Å². The quantitative estimate of drug-likeness (QED) is 0.695. The summed E-state index contributed by atoms with van der Waals surface area (Å²) < 4.78 is 28.0. The van der Waals surface area contributed by atoms with Gasteiger partial charge in [0.05, 0.1) is 5.69 Å². The molecule has 0 aliphatic carbocycles. The highest BCUT2D eigenvalue weighted by Crippen LogP contribution is 2.27. The zero-order chi connectivity index (χ0) is 12.6. The van der Waals surface area contributed by atoms with Crippen LogP contribution in [0.3, 0.4) is 0 Å². The first kappa shape index (κ1) is 11.5. The van der Waals surface area contributed by atoms with E-state index in [0.717, 1.165) is 26.2 Å². The van der Waals surface area contributed by atoms with Crippen LogP contribution in [-0.2, 0) is 10.0 Å². The minimum atomic E-state index is -3.58. The molecule has 2 aliphatic rings. The molecule has 6 nitrogen and oxygen atoms in total. The van der Waals surface area contributed by atoms with Crippen molar-refractivity contribution in [3.05, 3.63) is 24.3 Å².